The molecule has 0 aromatic carbocycles. The van der Waals surface area contributed by atoms with Crippen LogP contribution in [0, 0.1) is 6.92 Å². The number of likely N-dealkylation sites (N-methyl/N-ethyl adjacent to an activating group) is 1. The van der Waals surface area contributed by atoms with E-state index in [1.807, 2.05) is 11.3 Å². The third-order valence-corrected chi connectivity index (χ3v) is 3.76. The highest BCUT2D eigenvalue weighted by Gasteiger charge is 2.20. The van der Waals surface area contributed by atoms with Crippen LogP contribution in [0.3, 0.4) is 0 Å². The maximum atomic E-state index is 2.43. The van der Waals surface area contributed by atoms with Gasteiger partial charge in [0.25, 0.3) is 0 Å². The van der Waals surface area contributed by atoms with Crippen molar-refractivity contribution in [1.29, 1.82) is 0 Å². The van der Waals surface area contributed by atoms with E-state index in [0.29, 0.717) is 6.04 Å². The molecule has 1 aromatic rings. The number of hydrogen-bond acceptors (Lipinski definition) is 2. The van der Waals surface area contributed by atoms with Crippen LogP contribution in [-0.2, 0) is 13.0 Å². The zero-order chi connectivity index (χ0) is 8.72. The summed E-state index contributed by atoms with van der Waals surface area (Å²) in [6, 6.07) is 3.07. The minimum atomic E-state index is 0.714. The van der Waals surface area contributed by atoms with Crippen molar-refractivity contribution in [3.05, 3.63) is 21.4 Å². The van der Waals surface area contributed by atoms with Crippen molar-refractivity contribution in [2.24, 2.45) is 0 Å². The Morgan fingerprint density at radius 2 is 2.33 bits per heavy atom. The van der Waals surface area contributed by atoms with Gasteiger partial charge in [-0.3, -0.25) is 4.90 Å². The molecule has 2 heteroatoms. The molecule has 1 atom stereocenters. The predicted octanol–water partition coefficient (Wildman–Crippen LogP) is 2.43. The molecular weight excluding hydrogens is 166 g/mol. The number of rotatable bonds is 0. The van der Waals surface area contributed by atoms with Gasteiger partial charge in [0.2, 0.25) is 0 Å². The van der Waals surface area contributed by atoms with Crippen molar-refractivity contribution in [2.45, 2.75) is 32.9 Å². The summed E-state index contributed by atoms with van der Waals surface area (Å²) in [6.45, 7) is 5.65. The summed E-state index contributed by atoms with van der Waals surface area (Å²) < 4.78 is 0. The van der Waals surface area contributed by atoms with Gasteiger partial charge in [-0.1, -0.05) is 0 Å². The summed E-state index contributed by atoms with van der Waals surface area (Å²) in [5.74, 6) is 0. The molecule has 1 aliphatic rings. The van der Waals surface area contributed by atoms with Crippen molar-refractivity contribution < 1.29 is 0 Å². The Kier molecular flexibility index (Phi) is 1.97. The Morgan fingerprint density at radius 1 is 1.58 bits per heavy atom. The number of nitrogens with zero attached hydrogens (tertiary/aromatic N) is 1. The molecule has 0 saturated carbocycles. The predicted molar refractivity (Wildman–Crippen MR) is 53.7 cm³/mol. The first-order valence-corrected chi connectivity index (χ1v) is 5.27. The summed E-state index contributed by atoms with van der Waals surface area (Å²) in [6.07, 6.45) is 1.23. The Labute approximate surface area is 78.0 Å². The molecule has 1 aliphatic heterocycles. The van der Waals surface area contributed by atoms with Crippen LogP contribution in [-0.4, -0.2) is 18.0 Å². The van der Waals surface area contributed by atoms with Crippen molar-refractivity contribution >= 4 is 11.3 Å². The van der Waals surface area contributed by atoms with Gasteiger partial charge in [0.05, 0.1) is 0 Å². The molecule has 66 valence electrons. The van der Waals surface area contributed by atoms with Crippen molar-refractivity contribution in [3.8, 4) is 0 Å². The summed E-state index contributed by atoms with van der Waals surface area (Å²) in [5.41, 5.74) is 1.59. The SMILES string of the molecule is Cc1cc2c(s1)CN(C)C(C)C2. The Balaban J connectivity index is 2.33. The summed E-state index contributed by atoms with van der Waals surface area (Å²) >= 11 is 1.95. The lowest BCUT2D eigenvalue weighted by atomic mass is 10.0. The zero-order valence-corrected chi connectivity index (χ0v) is 8.74. The molecule has 0 spiro atoms. The average molecular weight is 181 g/mol. The van der Waals surface area contributed by atoms with E-state index in [-0.39, 0.29) is 0 Å². The van der Waals surface area contributed by atoms with Gasteiger partial charge in [-0.2, -0.15) is 0 Å². The Morgan fingerprint density at radius 3 is 3.08 bits per heavy atom. The highest BCUT2D eigenvalue weighted by molar-refractivity contribution is 7.12. The van der Waals surface area contributed by atoms with E-state index in [0.717, 1.165) is 6.54 Å². The first-order valence-electron chi connectivity index (χ1n) is 4.45. The number of thiophene rings is 1. The molecule has 0 N–H and O–H groups in total. The van der Waals surface area contributed by atoms with Gasteiger partial charge < -0.3 is 0 Å². The summed E-state index contributed by atoms with van der Waals surface area (Å²) in [7, 11) is 2.21. The van der Waals surface area contributed by atoms with Gasteiger partial charge in [-0.25, -0.2) is 0 Å². The number of fused-ring (bicyclic) bond motifs is 1. The molecule has 0 fully saturated rings. The van der Waals surface area contributed by atoms with Gasteiger partial charge in [0.1, 0.15) is 0 Å². The lowest BCUT2D eigenvalue weighted by Crippen LogP contribution is -2.34. The summed E-state index contributed by atoms with van der Waals surface area (Å²) in [4.78, 5) is 5.47. The smallest absolute Gasteiger partial charge is 0.0330 e. The first kappa shape index (κ1) is 8.27. The number of hydrogen-bond donors (Lipinski definition) is 0. The largest absolute Gasteiger partial charge is 0.298 e. The fraction of sp³-hybridized carbons (Fsp3) is 0.600. The zero-order valence-electron chi connectivity index (χ0n) is 7.92. The van der Waals surface area contributed by atoms with Gasteiger partial charge in [0.15, 0.2) is 0 Å². The van der Waals surface area contributed by atoms with Crippen LogP contribution in [0.2, 0.25) is 0 Å². The van der Waals surface area contributed by atoms with Crippen LogP contribution in [0.4, 0.5) is 0 Å². The highest BCUT2D eigenvalue weighted by atomic mass is 32.1. The van der Waals surface area contributed by atoms with Crippen LogP contribution < -0.4 is 0 Å². The van der Waals surface area contributed by atoms with E-state index in [1.165, 1.54) is 11.3 Å². The molecule has 1 aromatic heterocycles. The second-order valence-corrected chi connectivity index (χ2v) is 5.11. The molecule has 0 bridgehead atoms. The Bertz CT molecular complexity index is 263. The normalized spacial score (nSPS) is 24.1. The second kappa shape index (κ2) is 2.86. The molecule has 1 nitrogen and oxygen atoms in total. The lowest BCUT2D eigenvalue weighted by molar-refractivity contribution is 0.234. The maximum Gasteiger partial charge on any atom is 0.0330 e. The van der Waals surface area contributed by atoms with E-state index in [1.54, 1.807) is 10.4 Å². The van der Waals surface area contributed by atoms with E-state index in [9.17, 15) is 0 Å². The second-order valence-electron chi connectivity index (χ2n) is 3.77. The van der Waals surface area contributed by atoms with Crippen molar-refractivity contribution in [1.82, 2.24) is 4.90 Å². The molecule has 2 heterocycles. The van der Waals surface area contributed by atoms with E-state index in [2.05, 4.69) is 31.9 Å². The summed E-state index contributed by atoms with van der Waals surface area (Å²) in [5, 5.41) is 0. The highest BCUT2D eigenvalue weighted by Crippen LogP contribution is 2.29. The molecule has 2 rings (SSSR count). The van der Waals surface area contributed by atoms with E-state index in [4.69, 9.17) is 0 Å². The fourth-order valence-corrected chi connectivity index (χ4v) is 2.91. The van der Waals surface area contributed by atoms with Crippen LogP contribution in [0.25, 0.3) is 0 Å². The van der Waals surface area contributed by atoms with Gasteiger partial charge in [-0.15, -0.1) is 11.3 Å². The fourth-order valence-electron chi connectivity index (χ4n) is 1.78. The average Bonchev–Trinajstić information content (AvgIpc) is 2.30. The van der Waals surface area contributed by atoms with Gasteiger partial charge in [0, 0.05) is 22.3 Å². The third-order valence-electron chi connectivity index (χ3n) is 2.68. The molecule has 0 saturated heterocycles. The van der Waals surface area contributed by atoms with Crippen LogP contribution >= 0.6 is 11.3 Å². The molecule has 0 radical (unpaired) electrons. The minimum absolute atomic E-state index is 0.714. The van der Waals surface area contributed by atoms with Crippen LogP contribution in [0.5, 0.6) is 0 Å². The molecular formula is C10H15NS. The van der Waals surface area contributed by atoms with Crippen molar-refractivity contribution in [3.63, 3.8) is 0 Å². The van der Waals surface area contributed by atoms with Crippen molar-refractivity contribution in [2.75, 3.05) is 7.05 Å². The van der Waals surface area contributed by atoms with E-state index >= 15 is 0 Å². The minimum Gasteiger partial charge on any atom is -0.298 e. The lowest BCUT2D eigenvalue weighted by Gasteiger charge is -2.29. The number of aryl methyl sites for hydroxylation is 1. The van der Waals surface area contributed by atoms with Crippen LogP contribution in [0.15, 0.2) is 6.07 Å². The molecule has 0 amide bonds. The molecule has 0 aliphatic carbocycles. The quantitative estimate of drug-likeness (QED) is 0.594. The van der Waals surface area contributed by atoms with E-state index < -0.39 is 0 Å². The standard InChI is InChI=1S/C10H15NS/c1-7-4-9-5-8(2)12-10(9)6-11(7)3/h5,7H,4,6H2,1-3H3. The molecule has 12 heavy (non-hydrogen) atoms. The third kappa shape index (κ3) is 1.29. The molecule has 1 unspecified atom stereocenters. The Hall–Kier alpha value is -0.340. The monoisotopic (exact) mass is 181 g/mol. The maximum absolute atomic E-state index is 2.43. The van der Waals surface area contributed by atoms with Crippen LogP contribution in [0.1, 0.15) is 22.2 Å². The first-order chi connectivity index (χ1) is 5.66. The van der Waals surface area contributed by atoms with Gasteiger partial charge in [-0.05, 0) is 38.9 Å². The van der Waals surface area contributed by atoms with Gasteiger partial charge >= 0.3 is 0 Å². The topological polar surface area (TPSA) is 3.24 Å².